The Labute approximate surface area is 179 Å². The van der Waals surface area contributed by atoms with Gasteiger partial charge in [0.05, 0.1) is 12.6 Å². The van der Waals surface area contributed by atoms with E-state index in [1.807, 2.05) is 0 Å². The molecule has 1 aromatic heterocycles. The summed E-state index contributed by atoms with van der Waals surface area (Å²) in [7, 11) is 1.77. The molecule has 2 heterocycles. The largest absolute Gasteiger partial charge is 0.497 e. The summed E-state index contributed by atoms with van der Waals surface area (Å²) in [6.45, 7) is 3.71. The van der Waals surface area contributed by atoms with Crippen molar-refractivity contribution in [2.75, 3.05) is 26.7 Å². The maximum atomic E-state index is 5.61. The molecule has 3 nitrogen and oxygen atoms in total. The third-order valence-electron chi connectivity index (χ3n) is 7.83. The standard InChI is InChI=1S/C27H30N2O/c1-30-24-7-4-6-22(15-24)27-11-12-29(17-19-9-10-19)18-23(27)14-21-13-20-5-2-3-8-25(20)28-26(21)16-27/h2-8,13,15,19,23H,9-12,14,16-18H2,1H3/t23-,27+/m0/s1. The number of benzene rings is 2. The number of ether oxygens (including phenoxy) is 1. The first kappa shape index (κ1) is 18.4. The Balaban J connectivity index is 1.43. The third kappa shape index (κ3) is 3.11. The van der Waals surface area contributed by atoms with Gasteiger partial charge >= 0.3 is 0 Å². The summed E-state index contributed by atoms with van der Waals surface area (Å²) in [5.41, 5.74) is 5.51. The topological polar surface area (TPSA) is 25.4 Å². The molecule has 2 fully saturated rings. The van der Waals surface area contributed by atoms with Crippen LogP contribution >= 0.6 is 0 Å². The number of nitrogens with zero attached hydrogens (tertiary/aromatic N) is 2. The fourth-order valence-corrected chi connectivity index (χ4v) is 5.97. The first-order chi connectivity index (χ1) is 14.7. The fourth-order valence-electron chi connectivity index (χ4n) is 5.97. The molecule has 2 aliphatic carbocycles. The summed E-state index contributed by atoms with van der Waals surface area (Å²) >= 11 is 0. The maximum Gasteiger partial charge on any atom is 0.119 e. The van der Waals surface area contributed by atoms with Crippen LogP contribution in [0.5, 0.6) is 5.75 Å². The lowest BCUT2D eigenvalue weighted by Gasteiger charge is -2.51. The normalized spacial score (nSPS) is 26.2. The highest BCUT2D eigenvalue weighted by Gasteiger charge is 2.48. The number of pyridine rings is 1. The van der Waals surface area contributed by atoms with Crippen LogP contribution < -0.4 is 4.74 Å². The summed E-state index contributed by atoms with van der Waals surface area (Å²) in [5.74, 6) is 2.56. The van der Waals surface area contributed by atoms with Crippen molar-refractivity contribution in [3.05, 3.63) is 71.4 Å². The van der Waals surface area contributed by atoms with Crippen LogP contribution in [0.4, 0.5) is 0 Å². The molecule has 3 aromatic rings. The molecular formula is C27H30N2O. The van der Waals surface area contributed by atoms with Gasteiger partial charge in [0, 0.05) is 36.0 Å². The van der Waals surface area contributed by atoms with Crippen molar-refractivity contribution >= 4 is 10.9 Å². The van der Waals surface area contributed by atoms with Crippen molar-refractivity contribution in [2.24, 2.45) is 11.8 Å². The van der Waals surface area contributed by atoms with E-state index in [4.69, 9.17) is 9.72 Å². The zero-order chi connectivity index (χ0) is 20.1. The maximum absolute atomic E-state index is 5.61. The molecule has 2 aromatic carbocycles. The number of hydrogen-bond donors (Lipinski definition) is 0. The van der Waals surface area contributed by atoms with E-state index in [1.54, 1.807) is 7.11 Å². The molecule has 1 saturated carbocycles. The van der Waals surface area contributed by atoms with Crippen LogP contribution in [-0.4, -0.2) is 36.6 Å². The van der Waals surface area contributed by atoms with Crippen LogP contribution in [0.15, 0.2) is 54.6 Å². The molecule has 1 aliphatic heterocycles. The minimum atomic E-state index is 0.164. The average Bonchev–Trinajstić information content (AvgIpc) is 3.60. The number of methoxy groups -OCH3 is 1. The van der Waals surface area contributed by atoms with Gasteiger partial charge in [-0.2, -0.15) is 0 Å². The fraction of sp³-hybridized carbons (Fsp3) is 0.444. The first-order valence-electron chi connectivity index (χ1n) is 11.5. The summed E-state index contributed by atoms with van der Waals surface area (Å²) < 4.78 is 5.61. The lowest BCUT2D eigenvalue weighted by molar-refractivity contribution is 0.0777. The molecule has 0 spiro atoms. The van der Waals surface area contributed by atoms with Crippen LogP contribution in [0, 0.1) is 11.8 Å². The van der Waals surface area contributed by atoms with E-state index < -0.39 is 0 Å². The second kappa shape index (κ2) is 7.09. The van der Waals surface area contributed by atoms with Gasteiger partial charge in [0.15, 0.2) is 0 Å². The molecule has 0 amide bonds. The molecular weight excluding hydrogens is 368 g/mol. The van der Waals surface area contributed by atoms with E-state index in [0.29, 0.717) is 5.92 Å². The van der Waals surface area contributed by atoms with Gasteiger partial charge < -0.3 is 9.64 Å². The third-order valence-corrected chi connectivity index (χ3v) is 7.83. The molecule has 0 N–H and O–H groups in total. The predicted molar refractivity (Wildman–Crippen MR) is 121 cm³/mol. The average molecular weight is 399 g/mol. The predicted octanol–water partition coefficient (Wildman–Crippen LogP) is 5.01. The Bertz CT molecular complexity index is 1090. The Kier molecular flexibility index (Phi) is 4.35. The Hall–Kier alpha value is -2.39. The van der Waals surface area contributed by atoms with Crippen LogP contribution in [0.2, 0.25) is 0 Å². The molecule has 2 atom stereocenters. The summed E-state index contributed by atoms with van der Waals surface area (Å²) in [6.07, 6.45) is 6.25. The Morgan fingerprint density at radius 1 is 1.10 bits per heavy atom. The van der Waals surface area contributed by atoms with Crippen molar-refractivity contribution in [2.45, 2.75) is 37.5 Å². The van der Waals surface area contributed by atoms with Crippen molar-refractivity contribution in [1.29, 1.82) is 0 Å². The molecule has 0 bridgehead atoms. The lowest BCUT2D eigenvalue weighted by atomic mass is 9.58. The van der Waals surface area contributed by atoms with E-state index in [2.05, 4.69) is 59.5 Å². The Morgan fingerprint density at radius 3 is 2.87 bits per heavy atom. The SMILES string of the molecule is COc1cccc([C@]23CCN(CC4CC4)C[C@@H]2Cc2cc4ccccc4nc2C3)c1. The molecule has 3 heteroatoms. The van der Waals surface area contributed by atoms with E-state index in [9.17, 15) is 0 Å². The van der Waals surface area contributed by atoms with Crippen LogP contribution in [-0.2, 0) is 18.3 Å². The van der Waals surface area contributed by atoms with Crippen LogP contribution in [0.25, 0.3) is 10.9 Å². The van der Waals surface area contributed by atoms with E-state index in [-0.39, 0.29) is 5.41 Å². The molecule has 3 aliphatic rings. The van der Waals surface area contributed by atoms with Crippen molar-refractivity contribution in [3.63, 3.8) is 0 Å². The van der Waals surface area contributed by atoms with Gasteiger partial charge in [0.25, 0.3) is 0 Å². The highest BCUT2D eigenvalue weighted by molar-refractivity contribution is 5.79. The number of aromatic nitrogens is 1. The zero-order valence-corrected chi connectivity index (χ0v) is 17.8. The molecule has 30 heavy (non-hydrogen) atoms. The zero-order valence-electron chi connectivity index (χ0n) is 17.8. The summed E-state index contributed by atoms with van der Waals surface area (Å²) in [5, 5.41) is 1.27. The quantitative estimate of drug-likeness (QED) is 0.618. The molecule has 1 saturated heterocycles. The van der Waals surface area contributed by atoms with E-state index in [1.165, 1.54) is 61.1 Å². The molecule has 0 unspecified atom stereocenters. The van der Waals surface area contributed by atoms with Gasteiger partial charge in [0.2, 0.25) is 0 Å². The number of hydrogen-bond acceptors (Lipinski definition) is 3. The number of likely N-dealkylation sites (tertiary alicyclic amines) is 1. The number of rotatable bonds is 4. The number of fused-ring (bicyclic) bond motifs is 3. The van der Waals surface area contributed by atoms with Crippen molar-refractivity contribution < 1.29 is 4.74 Å². The summed E-state index contributed by atoms with van der Waals surface area (Å²) in [6, 6.07) is 19.8. The van der Waals surface area contributed by atoms with E-state index in [0.717, 1.165) is 30.0 Å². The summed E-state index contributed by atoms with van der Waals surface area (Å²) in [4.78, 5) is 7.90. The van der Waals surface area contributed by atoms with Gasteiger partial charge in [-0.25, -0.2) is 0 Å². The monoisotopic (exact) mass is 398 g/mol. The second-order valence-corrected chi connectivity index (χ2v) is 9.71. The number of para-hydroxylation sites is 1. The minimum Gasteiger partial charge on any atom is -0.497 e. The van der Waals surface area contributed by atoms with Crippen LogP contribution in [0.1, 0.15) is 36.1 Å². The molecule has 6 rings (SSSR count). The van der Waals surface area contributed by atoms with E-state index >= 15 is 0 Å². The van der Waals surface area contributed by atoms with Gasteiger partial charge in [-0.1, -0.05) is 30.3 Å². The van der Waals surface area contributed by atoms with Crippen LogP contribution in [0.3, 0.4) is 0 Å². The van der Waals surface area contributed by atoms with Gasteiger partial charge in [-0.3, -0.25) is 4.98 Å². The minimum absolute atomic E-state index is 0.164. The Morgan fingerprint density at radius 2 is 2.00 bits per heavy atom. The van der Waals surface area contributed by atoms with Gasteiger partial charge in [0.1, 0.15) is 5.75 Å². The smallest absolute Gasteiger partial charge is 0.119 e. The van der Waals surface area contributed by atoms with Crippen molar-refractivity contribution in [1.82, 2.24) is 9.88 Å². The highest BCUT2D eigenvalue weighted by Crippen LogP contribution is 2.49. The lowest BCUT2D eigenvalue weighted by Crippen LogP contribution is -2.54. The van der Waals surface area contributed by atoms with Gasteiger partial charge in [-0.05, 0) is 79.5 Å². The number of piperidine rings is 1. The van der Waals surface area contributed by atoms with Gasteiger partial charge in [-0.15, -0.1) is 0 Å². The molecule has 0 radical (unpaired) electrons. The second-order valence-electron chi connectivity index (χ2n) is 9.71. The highest BCUT2D eigenvalue weighted by atomic mass is 16.5. The first-order valence-corrected chi connectivity index (χ1v) is 11.5. The molecule has 154 valence electrons. The van der Waals surface area contributed by atoms with Crippen molar-refractivity contribution in [3.8, 4) is 5.75 Å².